The molecular weight excluding hydrogens is 380 g/mol. The largest absolute Gasteiger partial charge is 0.506 e. The van der Waals surface area contributed by atoms with Crippen LogP contribution < -0.4 is 10.9 Å². The molecule has 0 amide bonds. The summed E-state index contributed by atoms with van der Waals surface area (Å²) in [7, 11) is 0. The van der Waals surface area contributed by atoms with E-state index in [1.165, 1.54) is 23.3 Å². The number of H-pyrrole nitrogens is 1. The Morgan fingerprint density at radius 1 is 1.20 bits per heavy atom. The summed E-state index contributed by atoms with van der Waals surface area (Å²) in [4.78, 5) is 26.1. The third-order valence-electron chi connectivity index (χ3n) is 5.98. The van der Waals surface area contributed by atoms with E-state index >= 15 is 0 Å². The molecule has 2 atom stereocenters. The maximum Gasteiger partial charge on any atom is 0.248 e. The minimum absolute atomic E-state index is 0.0224. The van der Waals surface area contributed by atoms with Crippen molar-refractivity contribution in [3.8, 4) is 5.75 Å². The molecule has 6 heteroatoms. The average molecular weight is 406 g/mol. The van der Waals surface area contributed by atoms with Gasteiger partial charge >= 0.3 is 0 Å². The fourth-order valence-electron chi connectivity index (χ4n) is 4.43. The number of aliphatic hydroxyl groups is 1. The summed E-state index contributed by atoms with van der Waals surface area (Å²) in [5.74, 6) is 0.0737. The van der Waals surface area contributed by atoms with Gasteiger partial charge in [-0.05, 0) is 66.6 Å². The van der Waals surface area contributed by atoms with Crippen LogP contribution >= 0.6 is 0 Å². The highest BCUT2D eigenvalue weighted by Crippen LogP contribution is 2.30. The molecule has 1 aromatic heterocycles. The molecule has 0 spiro atoms. The van der Waals surface area contributed by atoms with Gasteiger partial charge < -0.3 is 20.5 Å². The number of hydrogen-bond donors (Lipinski definition) is 4. The maximum atomic E-state index is 11.9. The topological polar surface area (TPSA) is 102 Å². The molecule has 0 aliphatic heterocycles. The number of carbonyl (C=O) groups excluding carboxylic acids is 1. The molecule has 30 heavy (non-hydrogen) atoms. The Balaban J connectivity index is 1.49. The van der Waals surface area contributed by atoms with E-state index in [0.29, 0.717) is 23.0 Å². The number of aryl methyl sites for hydroxylation is 1. The number of phenolic OH excluding ortho intramolecular Hbond substituents is 1. The molecule has 1 heterocycles. The molecule has 4 rings (SSSR count). The van der Waals surface area contributed by atoms with E-state index in [1.807, 2.05) is 6.07 Å². The van der Waals surface area contributed by atoms with Gasteiger partial charge in [0, 0.05) is 29.6 Å². The van der Waals surface area contributed by atoms with E-state index in [0.717, 1.165) is 30.4 Å². The van der Waals surface area contributed by atoms with Crippen LogP contribution in [0.1, 0.15) is 52.6 Å². The van der Waals surface area contributed by atoms with Gasteiger partial charge in [0.05, 0.1) is 11.6 Å². The molecular formula is C24H26N2O4. The maximum absolute atomic E-state index is 11.9. The lowest BCUT2D eigenvalue weighted by Gasteiger charge is -2.18. The number of fused-ring (bicyclic) bond motifs is 2. The van der Waals surface area contributed by atoms with Crippen molar-refractivity contribution in [2.45, 2.75) is 45.3 Å². The highest BCUT2D eigenvalue weighted by Gasteiger charge is 2.24. The normalized spacial score (nSPS) is 16.6. The highest BCUT2D eigenvalue weighted by atomic mass is 16.3. The Bertz CT molecular complexity index is 1180. The van der Waals surface area contributed by atoms with Crippen LogP contribution in [0.25, 0.3) is 10.9 Å². The summed E-state index contributed by atoms with van der Waals surface area (Å²) in [6.45, 7) is 4.01. The van der Waals surface area contributed by atoms with E-state index in [-0.39, 0.29) is 23.1 Å². The van der Waals surface area contributed by atoms with Gasteiger partial charge in [0.15, 0.2) is 5.78 Å². The minimum atomic E-state index is -0.790. The number of rotatable bonds is 6. The van der Waals surface area contributed by atoms with Crippen LogP contribution in [0.5, 0.6) is 5.75 Å². The number of phenols is 1. The predicted molar refractivity (Wildman–Crippen MR) is 116 cm³/mol. The molecule has 1 aliphatic carbocycles. The Morgan fingerprint density at radius 3 is 2.63 bits per heavy atom. The summed E-state index contributed by atoms with van der Waals surface area (Å²) >= 11 is 0. The van der Waals surface area contributed by atoms with Gasteiger partial charge in [-0.2, -0.15) is 0 Å². The van der Waals surface area contributed by atoms with Crippen molar-refractivity contribution in [2.24, 2.45) is 0 Å². The van der Waals surface area contributed by atoms with Gasteiger partial charge in [-0.25, -0.2) is 0 Å². The molecule has 0 radical (unpaired) electrons. The first kappa shape index (κ1) is 20.3. The molecule has 1 aliphatic rings. The lowest BCUT2D eigenvalue weighted by molar-refractivity contribution is 0.101. The molecule has 0 fully saturated rings. The van der Waals surface area contributed by atoms with E-state index in [9.17, 15) is 19.8 Å². The van der Waals surface area contributed by atoms with Crippen molar-refractivity contribution in [3.05, 3.63) is 74.6 Å². The number of pyridine rings is 1. The standard InChI is InChI=1S/C24H26N2O4/c1-3-14-8-15-9-17(10-16(15)11-20(14)13(2)27)25-12-22(29)18-4-6-21(28)24-19(18)5-7-23(30)26-24/h4-8,11,17,22,25,28-29H,3,9-10,12H2,1-2H3,(H,26,30)/t17?,22-/m0/s1. The zero-order chi connectivity index (χ0) is 21.4. The number of Topliss-reactive ketones (excluding diaryl/α,β-unsaturated/α-hetero) is 1. The fourth-order valence-corrected chi connectivity index (χ4v) is 4.43. The minimum Gasteiger partial charge on any atom is -0.506 e. The van der Waals surface area contributed by atoms with Crippen molar-refractivity contribution in [2.75, 3.05) is 6.54 Å². The molecule has 1 unspecified atom stereocenters. The first-order chi connectivity index (χ1) is 14.4. The highest BCUT2D eigenvalue weighted by molar-refractivity contribution is 5.96. The number of benzene rings is 2. The summed E-state index contributed by atoms with van der Waals surface area (Å²) in [6.07, 6.45) is 1.71. The van der Waals surface area contributed by atoms with E-state index in [2.05, 4.69) is 23.3 Å². The SMILES string of the molecule is CCc1cc2c(cc1C(C)=O)CC(NC[C@H](O)c1ccc(O)c3[nH]c(=O)ccc13)C2. The van der Waals surface area contributed by atoms with Crippen LogP contribution in [0.3, 0.4) is 0 Å². The van der Waals surface area contributed by atoms with Crippen molar-refractivity contribution in [1.82, 2.24) is 10.3 Å². The van der Waals surface area contributed by atoms with Crippen LogP contribution in [0.15, 0.2) is 41.2 Å². The van der Waals surface area contributed by atoms with Crippen LogP contribution in [-0.4, -0.2) is 33.6 Å². The number of ketones is 1. The first-order valence-electron chi connectivity index (χ1n) is 10.3. The second kappa shape index (κ2) is 8.05. The third-order valence-corrected chi connectivity index (χ3v) is 5.98. The Kier molecular flexibility index (Phi) is 5.45. The van der Waals surface area contributed by atoms with Crippen LogP contribution in [0, 0.1) is 0 Å². The van der Waals surface area contributed by atoms with Crippen molar-refractivity contribution >= 4 is 16.7 Å². The Hall–Kier alpha value is -2.96. The second-order valence-corrected chi connectivity index (χ2v) is 8.00. The van der Waals surface area contributed by atoms with Crippen LogP contribution in [-0.2, 0) is 19.3 Å². The average Bonchev–Trinajstić information content (AvgIpc) is 3.13. The van der Waals surface area contributed by atoms with Gasteiger partial charge in [0.25, 0.3) is 0 Å². The van der Waals surface area contributed by atoms with Crippen molar-refractivity contribution in [3.63, 3.8) is 0 Å². The predicted octanol–water partition coefficient (Wildman–Crippen LogP) is 2.79. The third kappa shape index (κ3) is 3.76. The molecule has 3 aromatic rings. The zero-order valence-corrected chi connectivity index (χ0v) is 17.2. The molecule has 156 valence electrons. The van der Waals surface area contributed by atoms with Gasteiger partial charge in [-0.3, -0.25) is 9.59 Å². The molecule has 4 N–H and O–H groups in total. The summed E-state index contributed by atoms with van der Waals surface area (Å²) < 4.78 is 0. The van der Waals surface area contributed by atoms with Crippen molar-refractivity contribution < 1.29 is 15.0 Å². The summed E-state index contributed by atoms with van der Waals surface area (Å²) in [6, 6.07) is 10.5. The van der Waals surface area contributed by atoms with Gasteiger partial charge in [-0.1, -0.05) is 19.1 Å². The Labute approximate surface area is 174 Å². The first-order valence-corrected chi connectivity index (χ1v) is 10.3. The number of aliphatic hydroxyl groups excluding tert-OH is 1. The molecule has 2 aromatic carbocycles. The molecule has 0 saturated heterocycles. The van der Waals surface area contributed by atoms with E-state index < -0.39 is 6.10 Å². The van der Waals surface area contributed by atoms with Gasteiger partial charge in [-0.15, -0.1) is 0 Å². The van der Waals surface area contributed by atoms with Gasteiger partial charge in [0.2, 0.25) is 5.56 Å². The monoisotopic (exact) mass is 406 g/mol. The lowest BCUT2D eigenvalue weighted by Crippen LogP contribution is -2.33. The van der Waals surface area contributed by atoms with Crippen LogP contribution in [0.2, 0.25) is 0 Å². The zero-order valence-electron chi connectivity index (χ0n) is 17.2. The van der Waals surface area contributed by atoms with Gasteiger partial charge in [0.1, 0.15) is 5.75 Å². The number of aromatic hydroxyl groups is 1. The quantitative estimate of drug-likeness (QED) is 0.472. The lowest BCUT2D eigenvalue weighted by atomic mass is 9.96. The fraction of sp³-hybridized carbons (Fsp3) is 0.333. The van der Waals surface area contributed by atoms with E-state index in [4.69, 9.17) is 0 Å². The molecule has 0 saturated carbocycles. The smallest absolute Gasteiger partial charge is 0.248 e. The number of aromatic amines is 1. The van der Waals surface area contributed by atoms with Crippen LogP contribution in [0.4, 0.5) is 0 Å². The summed E-state index contributed by atoms with van der Waals surface area (Å²) in [5, 5.41) is 24.8. The second-order valence-electron chi connectivity index (χ2n) is 8.00. The van der Waals surface area contributed by atoms with Crippen molar-refractivity contribution in [1.29, 1.82) is 0 Å². The number of nitrogens with one attached hydrogen (secondary N) is 2. The van der Waals surface area contributed by atoms with E-state index in [1.54, 1.807) is 19.1 Å². The molecule has 6 nitrogen and oxygen atoms in total. The summed E-state index contributed by atoms with van der Waals surface area (Å²) in [5.41, 5.74) is 5.02. The Morgan fingerprint density at radius 2 is 1.93 bits per heavy atom. The molecule has 0 bridgehead atoms. The number of aromatic nitrogens is 1. The number of carbonyl (C=O) groups is 1. The number of hydrogen-bond acceptors (Lipinski definition) is 5.